The Balaban J connectivity index is 2.18. The molecular formula is C16H20N2O2S2. The second kappa shape index (κ2) is 8.41. The zero-order valence-corrected chi connectivity index (χ0v) is 14.6. The molecule has 0 aliphatic rings. The number of rotatable bonds is 6. The van der Waals surface area contributed by atoms with Crippen LogP contribution in [0.15, 0.2) is 36.9 Å². The smallest absolute Gasteiger partial charge is 0.273 e. The highest BCUT2D eigenvalue weighted by Gasteiger charge is 2.20. The van der Waals surface area contributed by atoms with Crippen molar-refractivity contribution >= 4 is 28.3 Å². The van der Waals surface area contributed by atoms with Crippen LogP contribution in [0.25, 0.3) is 0 Å². The Labute approximate surface area is 139 Å². The highest BCUT2D eigenvalue weighted by Crippen LogP contribution is 2.36. The molecule has 0 bridgehead atoms. The summed E-state index contributed by atoms with van der Waals surface area (Å²) in [6, 6.07) is 6.35. The summed E-state index contributed by atoms with van der Waals surface area (Å²) in [5.74, 6) is 0. The molecule has 2 rings (SSSR count). The van der Waals surface area contributed by atoms with Crippen LogP contribution in [-0.4, -0.2) is 20.6 Å². The number of benzene rings is 1. The number of thioether (sulfide) groups is 1. The van der Waals surface area contributed by atoms with Gasteiger partial charge in [0.15, 0.2) is 0 Å². The lowest BCUT2D eigenvalue weighted by molar-refractivity contribution is 0.274. The molecule has 0 amide bonds. The van der Waals surface area contributed by atoms with Crippen molar-refractivity contribution in [2.45, 2.75) is 32.6 Å². The second-order valence-corrected chi connectivity index (χ2v) is 7.17. The fourth-order valence-electron chi connectivity index (χ4n) is 2.22. The molecule has 0 aliphatic heterocycles. The summed E-state index contributed by atoms with van der Waals surface area (Å²) in [6.07, 6.45) is 5.44. The second-order valence-electron chi connectivity index (χ2n) is 4.97. The summed E-state index contributed by atoms with van der Waals surface area (Å²) in [4.78, 5) is 16.1. The van der Waals surface area contributed by atoms with E-state index in [0.717, 1.165) is 12.0 Å². The summed E-state index contributed by atoms with van der Waals surface area (Å²) >= 11 is 2.23. The van der Waals surface area contributed by atoms with Crippen LogP contribution in [0.1, 0.15) is 28.9 Å². The van der Waals surface area contributed by atoms with Crippen molar-refractivity contribution in [2.75, 3.05) is 6.61 Å². The maximum absolute atomic E-state index is 12.1. The SMILES string of the molecule is CCOSC(=O)SC(Cn1ccnc1)c1ccc(C)cc1C. The molecule has 0 saturated heterocycles. The molecule has 6 heteroatoms. The van der Waals surface area contributed by atoms with Crippen LogP contribution in [-0.2, 0) is 10.7 Å². The Morgan fingerprint density at radius 2 is 2.23 bits per heavy atom. The van der Waals surface area contributed by atoms with Crippen LogP contribution < -0.4 is 0 Å². The third-order valence-electron chi connectivity index (χ3n) is 3.19. The van der Waals surface area contributed by atoms with Crippen LogP contribution in [0, 0.1) is 13.8 Å². The molecule has 0 radical (unpaired) electrons. The Morgan fingerprint density at radius 3 is 2.86 bits per heavy atom. The van der Waals surface area contributed by atoms with Crippen molar-refractivity contribution in [3.63, 3.8) is 0 Å². The molecule has 2 aromatic rings. The van der Waals surface area contributed by atoms with E-state index in [1.807, 2.05) is 17.7 Å². The van der Waals surface area contributed by atoms with E-state index in [9.17, 15) is 4.79 Å². The van der Waals surface area contributed by atoms with Crippen LogP contribution in [0.4, 0.5) is 4.79 Å². The van der Waals surface area contributed by atoms with E-state index in [4.69, 9.17) is 4.18 Å². The van der Waals surface area contributed by atoms with Gasteiger partial charge in [-0.1, -0.05) is 35.5 Å². The summed E-state index contributed by atoms with van der Waals surface area (Å²) in [7, 11) is 0. The third-order valence-corrected chi connectivity index (χ3v) is 5.05. The number of aromatic nitrogens is 2. The molecule has 0 aliphatic carbocycles. The van der Waals surface area contributed by atoms with Crippen molar-refractivity contribution in [1.29, 1.82) is 0 Å². The molecule has 1 aromatic heterocycles. The zero-order valence-electron chi connectivity index (χ0n) is 13.0. The fraction of sp³-hybridized carbons (Fsp3) is 0.375. The van der Waals surface area contributed by atoms with Gasteiger partial charge < -0.3 is 8.75 Å². The highest BCUT2D eigenvalue weighted by molar-refractivity contribution is 8.36. The first-order chi connectivity index (χ1) is 10.6. The zero-order chi connectivity index (χ0) is 15.9. The summed E-state index contributed by atoms with van der Waals surface area (Å²) < 4.78 is 7.12. The molecule has 22 heavy (non-hydrogen) atoms. The van der Waals surface area contributed by atoms with Crippen molar-refractivity contribution in [3.8, 4) is 0 Å². The molecule has 1 aromatic carbocycles. The van der Waals surface area contributed by atoms with E-state index in [-0.39, 0.29) is 9.70 Å². The lowest BCUT2D eigenvalue weighted by Crippen LogP contribution is -2.08. The number of imidazole rings is 1. The van der Waals surface area contributed by atoms with E-state index >= 15 is 0 Å². The van der Waals surface area contributed by atoms with E-state index in [1.54, 1.807) is 12.5 Å². The number of nitrogens with zero attached hydrogens (tertiary/aromatic N) is 2. The van der Waals surface area contributed by atoms with E-state index in [0.29, 0.717) is 13.2 Å². The van der Waals surface area contributed by atoms with Crippen molar-refractivity contribution in [2.24, 2.45) is 0 Å². The molecular weight excluding hydrogens is 316 g/mol. The predicted octanol–water partition coefficient (Wildman–Crippen LogP) is 4.78. The average molecular weight is 336 g/mol. The van der Waals surface area contributed by atoms with Crippen LogP contribution in [0.3, 0.4) is 0 Å². The fourth-order valence-corrected chi connectivity index (χ4v) is 3.95. The van der Waals surface area contributed by atoms with Crippen LogP contribution >= 0.6 is 23.8 Å². The number of aryl methyl sites for hydroxylation is 2. The average Bonchev–Trinajstić information content (AvgIpc) is 2.97. The standard InChI is InChI=1S/C16H20N2O2S2/c1-4-20-22-16(19)21-15(10-18-8-7-17-11-18)14-6-5-12(2)9-13(14)3/h5-9,11,15H,4,10H2,1-3H3. The number of hydrogen-bond donors (Lipinski definition) is 0. The van der Waals surface area contributed by atoms with Gasteiger partial charge in [0.1, 0.15) is 0 Å². The van der Waals surface area contributed by atoms with Crippen LogP contribution in [0.5, 0.6) is 0 Å². The maximum Gasteiger partial charge on any atom is 0.273 e. The number of hydrogen-bond acceptors (Lipinski definition) is 5. The van der Waals surface area contributed by atoms with E-state index < -0.39 is 0 Å². The lowest BCUT2D eigenvalue weighted by Gasteiger charge is -2.19. The van der Waals surface area contributed by atoms with Crippen LogP contribution in [0.2, 0.25) is 0 Å². The van der Waals surface area contributed by atoms with Gasteiger partial charge in [-0.25, -0.2) is 4.98 Å². The topological polar surface area (TPSA) is 44.1 Å². The first-order valence-corrected chi connectivity index (χ1v) is 8.75. The minimum atomic E-state index is -0.0214. The maximum atomic E-state index is 12.1. The normalized spacial score (nSPS) is 12.3. The Bertz CT molecular complexity index is 615. The Kier molecular flexibility index (Phi) is 6.54. The van der Waals surface area contributed by atoms with Gasteiger partial charge in [-0.2, -0.15) is 0 Å². The number of carbonyl (C=O) groups excluding carboxylic acids is 1. The minimum Gasteiger partial charge on any atom is -0.336 e. The molecule has 118 valence electrons. The van der Waals surface area contributed by atoms with Gasteiger partial charge in [0.05, 0.1) is 30.2 Å². The molecule has 1 atom stereocenters. The van der Waals surface area contributed by atoms with Crippen molar-refractivity contribution in [1.82, 2.24) is 9.55 Å². The van der Waals surface area contributed by atoms with E-state index in [1.165, 1.54) is 28.5 Å². The summed E-state index contributed by atoms with van der Waals surface area (Å²) in [5.41, 5.74) is 3.60. The first-order valence-electron chi connectivity index (χ1n) is 7.13. The van der Waals surface area contributed by atoms with Gasteiger partial charge in [-0.3, -0.25) is 4.79 Å². The predicted molar refractivity (Wildman–Crippen MR) is 93.1 cm³/mol. The monoisotopic (exact) mass is 336 g/mol. The molecule has 4 nitrogen and oxygen atoms in total. The van der Waals surface area contributed by atoms with Gasteiger partial charge >= 0.3 is 0 Å². The van der Waals surface area contributed by atoms with Gasteiger partial charge in [0.25, 0.3) is 4.45 Å². The third kappa shape index (κ3) is 4.90. The highest BCUT2D eigenvalue weighted by atomic mass is 32.2. The summed E-state index contributed by atoms with van der Waals surface area (Å²) in [6.45, 7) is 7.26. The van der Waals surface area contributed by atoms with Gasteiger partial charge in [-0.15, -0.1) is 0 Å². The van der Waals surface area contributed by atoms with Gasteiger partial charge in [0, 0.05) is 18.9 Å². The van der Waals surface area contributed by atoms with Crippen molar-refractivity contribution < 1.29 is 8.98 Å². The molecule has 1 unspecified atom stereocenters. The Morgan fingerprint density at radius 1 is 1.41 bits per heavy atom. The minimum absolute atomic E-state index is 0.0214. The molecule has 0 saturated carbocycles. The largest absolute Gasteiger partial charge is 0.336 e. The molecule has 0 spiro atoms. The van der Waals surface area contributed by atoms with Crippen molar-refractivity contribution in [3.05, 3.63) is 53.6 Å². The Hall–Kier alpha value is -1.24. The molecule has 1 heterocycles. The van der Waals surface area contributed by atoms with Gasteiger partial charge in [-0.05, 0) is 31.9 Å². The molecule has 0 N–H and O–H groups in total. The lowest BCUT2D eigenvalue weighted by atomic mass is 10.0. The van der Waals surface area contributed by atoms with E-state index in [2.05, 4.69) is 37.0 Å². The quantitative estimate of drug-likeness (QED) is 0.710. The summed E-state index contributed by atoms with van der Waals surface area (Å²) in [5, 5.41) is 0.0373. The van der Waals surface area contributed by atoms with Gasteiger partial charge in [0.2, 0.25) is 0 Å². The number of carbonyl (C=O) groups is 1. The first kappa shape index (κ1) is 17.1. The molecule has 0 fully saturated rings.